The van der Waals surface area contributed by atoms with Crippen molar-refractivity contribution in [3.63, 3.8) is 0 Å². The maximum absolute atomic E-state index is 9.63. The summed E-state index contributed by atoms with van der Waals surface area (Å²) in [5.41, 5.74) is 2.42. The molecule has 0 bridgehead atoms. The molecule has 4 heteroatoms. The van der Waals surface area contributed by atoms with Gasteiger partial charge in [-0.05, 0) is 19.4 Å². The van der Waals surface area contributed by atoms with Crippen LogP contribution in [0, 0.1) is 0 Å². The summed E-state index contributed by atoms with van der Waals surface area (Å²) >= 11 is 0. The van der Waals surface area contributed by atoms with Crippen molar-refractivity contribution in [2.75, 3.05) is 13.6 Å². The molecule has 17 heavy (non-hydrogen) atoms. The zero-order valence-electron chi connectivity index (χ0n) is 11.6. The summed E-state index contributed by atoms with van der Waals surface area (Å²) in [6, 6.07) is 0. The first kappa shape index (κ1) is 14.2. The summed E-state index contributed by atoms with van der Waals surface area (Å²) in [6.07, 6.45) is 2.64. The monoisotopic (exact) mass is 239 g/mol. The first-order chi connectivity index (χ1) is 7.93. The van der Waals surface area contributed by atoms with Gasteiger partial charge in [-0.3, -0.25) is 9.58 Å². The zero-order valence-corrected chi connectivity index (χ0v) is 11.6. The molecule has 98 valence electrons. The van der Waals surface area contributed by atoms with Gasteiger partial charge in [0.25, 0.3) is 0 Å². The molecular weight excluding hydrogens is 214 g/mol. The van der Waals surface area contributed by atoms with Crippen molar-refractivity contribution in [2.45, 2.75) is 45.8 Å². The van der Waals surface area contributed by atoms with Gasteiger partial charge in [0.2, 0.25) is 0 Å². The first-order valence-corrected chi connectivity index (χ1v) is 6.33. The molecule has 0 aromatic carbocycles. The summed E-state index contributed by atoms with van der Waals surface area (Å²) in [5.74, 6) is 0.440. The third kappa shape index (κ3) is 4.13. The second-order valence-electron chi connectivity index (χ2n) is 5.13. The average Bonchev–Trinajstić information content (AvgIpc) is 2.59. The molecule has 0 aliphatic heterocycles. The maximum atomic E-state index is 9.63. The Morgan fingerprint density at radius 1 is 1.47 bits per heavy atom. The average molecular weight is 239 g/mol. The number of aryl methyl sites for hydroxylation is 1. The normalized spacial score (nSPS) is 13.6. The molecule has 1 heterocycles. The van der Waals surface area contributed by atoms with E-state index in [1.165, 1.54) is 5.56 Å². The Hall–Kier alpha value is -0.870. The lowest BCUT2D eigenvalue weighted by Crippen LogP contribution is -2.28. The van der Waals surface area contributed by atoms with Crippen molar-refractivity contribution >= 4 is 0 Å². The van der Waals surface area contributed by atoms with E-state index in [9.17, 15) is 5.11 Å². The van der Waals surface area contributed by atoms with E-state index in [0.29, 0.717) is 12.5 Å². The van der Waals surface area contributed by atoms with Gasteiger partial charge >= 0.3 is 0 Å². The quantitative estimate of drug-likeness (QED) is 0.822. The van der Waals surface area contributed by atoms with E-state index in [4.69, 9.17) is 0 Å². The van der Waals surface area contributed by atoms with Crippen LogP contribution in [-0.2, 0) is 13.6 Å². The lowest BCUT2D eigenvalue weighted by molar-refractivity contribution is 0.119. The maximum Gasteiger partial charge on any atom is 0.0694 e. The molecule has 1 atom stereocenters. The highest BCUT2D eigenvalue weighted by atomic mass is 16.3. The minimum Gasteiger partial charge on any atom is -0.392 e. The molecule has 0 saturated heterocycles. The van der Waals surface area contributed by atoms with Gasteiger partial charge in [0.15, 0.2) is 0 Å². The Morgan fingerprint density at radius 2 is 2.12 bits per heavy atom. The number of aromatic nitrogens is 2. The van der Waals surface area contributed by atoms with E-state index in [1.807, 2.05) is 25.7 Å². The second kappa shape index (κ2) is 6.17. The molecule has 0 unspecified atom stereocenters. The van der Waals surface area contributed by atoms with Gasteiger partial charge in [0.05, 0.1) is 11.8 Å². The molecule has 0 fully saturated rings. The minimum atomic E-state index is -0.237. The van der Waals surface area contributed by atoms with Crippen LogP contribution in [-0.4, -0.2) is 39.5 Å². The topological polar surface area (TPSA) is 41.3 Å². The van der Waals surface area contributed by atoms with E-state index in [1.54, 1.807) is 0 Å². The molecule has 1 aromatic heterocycles. The molecule has 0 spiro atoms. The number of hydrogen-bond acceptors (Lipinski definition) is 3. The van der Waals surface area contributed by atoms with Crippen molar-refractivity contribution in [2.24, 2.45) is 7.05 Å². The third-order valence-corrected chi connectivity index (χ3v) is 2.92. The Kier molecular flexibility index (Phi) is 5.15. The van der Waals surface area contributed by atoms with Crippen molar-refractivity contribution < 1.29 is 5.11 Å². The van der Waals surface area contributed by atoms with Crippen LogP contribution in [0.25, 0.3) is 0 Å². The fourth-order valence-corrected chi connectivity index (χ4v) is 2.01. The van der Waals surface area contributed by atoms with E-state index in [0.717, 1.165) is 18.7 Å². The molecule has 0 saturated carbocycles. The van der Waals surface area contributed by atoms with E-state index in [2.05, 4.69) is 30.0 Å². The molecule has 1 aromatic rings. The standard InChI is InChI=1S/C13H25N3O/c1-6-12(17)9-15(4)7-11-8-16(5)14-13(11)10(2)3/h8,10,12,17H,6-7,9H2,1-5H3/t12-/m1/s1. The van der Waals surface area contributed by atoms with Crippen molar-refractivity contribution in [3.8, 4) is 0 Å². The summed E-state index contributed by atoms with van der Waals surface area (Å²) in [4.78, 5) is 2.15. The SMILES string of the molecule is CC[C@@H](O)CN(C)Cc1cn(C)nc1C(C)C. The lowest BCUT2D eigenvalue weighted by Gasteiger charge is -2.19. The largest absolute Gasteiger partial charge is 0.392 e. The van der Waals surface area contributed by atoms with Crippen LogP contribution in [0.1, 0.15) is 44.4 Å². The number of aliphatic hydroxyl groups excluding tert-OH is 1. The van der Waals surface area contributed by atoms with Crippen LogP contribution >= 0.6 is 0 Å². The van der Waals surface area contributed by atoms with Crippen molar-refractivity contribution in [1.29, 1.82) is 0 Å². The van der Waals surface area contributed by atoms with Crippen LogP contribution in [0.5, 0.6) is 0 Å². The second-order valence-corrected chi connectivity index (χ2v) is 5.13. The van der Waals surface area contributed by atoms with E-state index in [-0.39, 0.29) is 6.10 Å². The molecule has 4 nitrogen and oxygen atoms in total. The molecular formula is C13H25N3O. The summed E-state index contributed by atoms with van der Waals surface area (Å²) in [6.45, 7) is 7.88. The summed E-state index contributed by atoms with van der Waals surface area (Å²) < 4.78 is 1.87. The fourth-order valence-electron chi connectivity index (χ4n) is 2.01. The fraction of sp³-hybridized carbons (Fsp3) is 0.769. The van der Waals surface area contributed by atoms with Crippen LogP contribution in [0.4, 0.5) is 0 Å². The van der Waals surface area contributed by atoms with Crippen LogP contribution in [0.15, 0.2) is 6.20 Å². The number of aliphatic hydroxyl groups is 1. The highest BCUT2D eigenvalue weighted by Gasteiger charge is 2.14. The third-order valence-electron chi connectivity index (χ3n) is 2.92. The van der Waals surface area contributed by atoms with Gasteiger partial charge in [-0.1, -0.05) is 20.8 Å². The molecule has 0 radical (unpaired) electrons. The van der Waals surface area contributed by atoms with Crippen molar-refractivity contribution in [1.82, 2.24) is 14.7 Å². The number of hydrogen-bond donors (Lipinski definition) is 1. The zero-order chi connectivity index (χ0) is 13.0. The lowest BCUT2D eigenvalue weighted by atomic mass is 10.1. The molecule has 0 aliphatic rings. The van der Waals surface area contributed by atoms with E-state index < -0.39 is 0 Å². The number of rotatable bonds is 6. The van der Waals surface area contributed by atoms with Gasteiger partial charge < -0.3 is 5.11 Å². The smallest absolute Gasteiger partial charge is 0.0694 e. The molecule has 0 amide bonds. The highest BCUT2D eigenvalue weighted by molar-refractivity contribution is 5.20. The van der Waals surface area contributed by atoms with Gasteiger partial charge in [0.1, 0.15) is 0 Å². The molecule has 1 rings (SSSR count). The van der Waals surface area contributed by atoms with Crippen LogP contribution < -0.4 is 0 Å². The molecule has 0 aliphatic carbocycles. The number of nitrogens with zero attached hydrogens (tertiary/aromatic N) is 3. The van der Waals surface area contributed by atoms with Crippen LogP contribution in [0.3, 0.4) is 0 Å². The van der Waals surface area contributed by atoms with Gasteiger partial charge in [-0.2, -0.15) is 5.10 Å². The van der Waals surface area contributed by atoms with Gasteiger partial charge in [0, 0.05) is 31.9 Å². The summed E-state index contributed by atoms with van der Waals surface area (Å²) in [7, 11) is 3.99. The van der Waals surface area contributed by atoms with Crippen molar-refractivity contribution in [3.05, 3.63) is 17.5 Å². The van der Waals surface area contributed by atoms with Gasteiger partial charge in [-0.25, -0.2) is 0 Å². The van der Waals surface area contributed by atoms with E-state index >= 15 is 0 Å². The number of likely N-dealkylation sites (N-methyl/N-ethyl adjacent to an activating group) is 1. The predicted molar refractivity (Wildman–Crippen MR) is 69.9 cm³/mol. The summed E-state index contributed by atoms with van der Waals surface area (Å²) in [5, 5.41) is 14.1. The van der Waals surface area contributed by atoms with Gasteiger partial charge in [-0.15, -0.1) is 0 Å². The highest BCUT2D eigenvalue weighted by Crippen LogP contribution is 2.18. The minimum absolute atomic E-state index is 0.237. The van der Waals surface area contributed by atoms with Crippen LogP contribution in [0.2, 0.25) is 0 Å². The Bertz CT molecular complexity index is 346. The first-order valence-electron chi connectivity index (χ1n) is 6.33. The molecule has 1 N–H and O–H groups in total. The Labute approximate surface area is 104 Å². The predicted octanol–water partition coefficient (Wildman–Crippen LogP) is 1.75. The Balaban J connectivity index is 2.67. The Morgan fingerprint density at radius 3 is 2.65 bits per heavy atom.